The Morgan fingerprint density at radius 3 is 2.54 bits per heavy atom. The van der Waals surface area contributed by atoms with Gasteiger partial charge in [-0.25, -0.2) is 9.07 Å². The lowest BCUT2D eigenvalue weighted by Crippen LogP contribution is -2.20. The first kappa shape index (κ1) is 15.0. The number of hydrogen-bond acceptors (Lipinski definition) is 4. The largest absolute Gasteiger partial charge is 0.324 e. The molecule has 1 aromatic heterocycles. The average molecular weight is 338 g/mol. The summed E-state index contributed by atoms with van der Waals surface area (Å²) < 4.78 is 15.0. The minimum absolute atomic E-state index is 0.0558. The van der Waals surface area contributed by atoms with Crippen LogP contribution in [0.4, 0.5) is 10.3 Å². The fourth-order valence-electron chi connectivity index (χ4n) is 2.77. The summed E-state index contributed by atoms with van der Waals surface area (Å²) in [7, 11) is 0. The van der Waals surface area contributed by atoms with Crippen molar-refractivity contribution < 1.29 is 4.39 Å². The van der Waals surface area contributed by atoms with E-state index in [-0.39, 0.29) is 11.9 Å². The standard InChI is InChI=1S/C18H15FN4S/c1-24-15-8-4-13(5-9-15)17-10-16(12-2-6-14(19)7-3-12)22-18-20-11-21-23(17)18/h2-11,17H,1H3,(H,20,21,22)/t17-/m0/s1. The van der Waals surface area contributed by atoms with Gasteiger partial charge in [0.25, 0.3) is 0 Å². The van der Waals surface area contributed by atoms with Crippen LogP contribution >= 0.6 is 11.8 Å². The van der Waals surface area contributed by atoms with Crippen LogP contribution in [0.25, 0.3) is 5.70 Å². The number of fused-ring (bicyclic) bond motifs is 1. The number of rotatable bonds is 3. The first-order valence-corrected chi connectivity index (χ1v) is 8.75. The summed E-state index contributed by atoms with van der Waals surface area (Å²) in [6.07, 6.45) is 5.68. The molecule has 4 rings (SSSR count). The summed E-state index contributed by atoms with van der Waals surface area (Å²) in [5, 5.41) is 7.59. The summed E-state index contributed by atoms with van der Waals surface area (Å²) >= 11 is 1.71. The zero-order chi connectivity index (χ0) is 16.5. The number of aromatic nitrogens is 3. The number of nitrogens with zero attached hydrogens (tertiary/aromatic N) is 3. The molecule has 1 atom stereocenters. The van der Waals surface area contributed by atoms with Crippen molar-refractivity contribution in [3.8, 4) is 0 Å². The maximum atomic E-state index is 13.2. The molecule has 0 amide bonds. The summed E-state index contributed by atoms with van der Waals surface area (Å²) in [5.74, 6) is 0.429. The first-order chi connectivity index (χ1) is 11.7. The maximum Gasteiger partial charge on any atom is 0.226 e. The Kier molecular flexibility index (Phi) is 3.82. The monoisotopic (exact) mass is 338 g/mol. The topological polar surface area (TPSA) is 42.7 Å². The van der Waals surface area contributed by atoms with E-state index in [1.807, 2.05) is 4.68 Å². The molecule has 0 aliphatic carbocycles. The molecule has 1 aliphatic heterocycles. The predicted molar refractivity (Wildman–Crippen MR) is 94.4 cm³/mol. The summed E-state index contributed by atoms with van der Waals surface area (Å²) in [5.41, 5.74) is 2.94. The fraction of sp³-hybridized carbons (Fsp3) is 0.111. The second kappa shape index (κ2) is 6.13. The fourth-order valence-corrected chi connectivity index (χ4v) is 3.18. The van der Waals surface area contributed by atoms with Gasteiger partial charge in [0.15, 0.2) is 0 Å². The van der Waals surface area contributed by atoms with E-state index in [1.165, 1.54) is 23.4 Å². The lowest BCUT2D eigenvalue weighted by atomic mass is 10.0. The SMILES string of the molecule is CSc1ccc([C@@H]2C=C(c3ccc(F)cc3)Nc3ncnn32)cc1. The van der Waals surface area contributed by atoms with Crippen molar-refractivity contribution in [2.45, 2.75) is 10.9 Å². The normalized spacial score (nSPS) is 16.2. The van der Waals surface area contributed by atoms with Crippen LogP contribution in [0.15, 0.2) is 65.8 Å². The second-order valence-electron chi connectivity index (χ2n) is 5.46. The van der Waals surface area contributed by atoms with Crippen LogP contribution in [0, 0.1) is 5.82 Å². The van der Waals surface area contributed by atoms with Crippen molar-refractivity contribution in [2.24, 2.45) is 0 Å². The summed E-state index contributed by atoms with van der Waals surface area (Å²) in [4.78, 5) is 5.50. The molecule has 2 heterocycles. The minimum atomic E-state index is -0.248. The number of benzene rings is 2. The highest BCUT2D eigenvalue weighted by Gasteiger charge is 2.23. The van der Waals surface area contributed by atoms with Gasteiger partial charge >= 0.3 is 0 Å². The van der Waals surface area contributed by atoms with Gasteiger partial charge in [0.05, 0.1) is 0 Å². The van der Waals surface area contributed by atoms with Crippen LogP contribution in [-0.4, -0.2) is 21.0 Å². The summed E-state index contributed by atoms with van der Waals surface area (Å²) in [6, 6.07) is 14.8. The molecule has 2 aromatic carbocycles. The van der Waals surface area contributed by atoms with Crippen LogP contribution in [-0.2, 0) is 0 Å². The first-order valence-electron chi connectivity index (χ1n) is 7.53. The van der Waals surface area contributed by atoms with Gasteiger partial charge in [-0.2, -0.15) is 10.1 Å². The Hall–Kier alpha value is -2.60. The molecule has 0 saturated carbocycles. The molecule has 3 aromatic rings. The molecule has 24 heavy (non-hydrogen) atoms. The molecule has 120 valence electrons. The van der Waals surface area contributed by atoms with Crippen LogP contribution < -0.4 is 5.32 Å². The highest BCUT2D eigenvalue weighted by atomic mass is 32.2. The number of nitrogens with one attached hydrogen (secondary N) is 1. The maximum absolute atomic E-state index is 13.2. The van der Waals surface area contributed by atoms with E-state index in [0.29, 0.717) is 5.95 Å². The number of thioether (sulfide) groups is 1. The molecule has 0 radical (unpaired) electrons. The molecule has 0 unspecified atom stereocenters. The Bertz CT molecular complexity index is 884. The molecular formula is C18H15FN4S. The molecule has 1 aliphatic rings. The van der Waals surface area contributed by atoms with Gasteiger partial charge in [0, 0.05) is 10.6 Å². The Morgan fingerprint density at radius 1 is 1.08 bits per heavy atom. The Labute approximate surface area is 143 Å². The lowest BCUT2D eigenvalue weighted by Gasteiger charge is -2.24. The third kappa shape index (κ3) is 2.69. The number of allylic oxidation sites excluding steroid dienone is 1. The zero-order valence-electron chi connectivity index (χ0n) is 13.0. The second-order valence-corrected chi connectivity index (χ2v) is 6.34. The minimum Gasteiger partial charge on any atom is -0.324 e. The van der Waals surface area contributed by atoms with E-state index in [1.54, 1.807) is 23.9 Å². The third-order valence-electron chi connectivity index (χ3n) is 4.02. The van der Waals surface area contributed by atoms with E-state index in [2.05, 4.69) is 52.0 Å². The van der Waals surface area contributed by atoms with E-state index in [9.17, 15) is 4.39 Å². The number of halogens is 1. The van der Waals surface area contributed by atoms with Crippen molar-refractivity contribution in [1.82, 2.24) is 14.8 Å². The van der Waals surface area contributed by atoms with Gasteiger partial charge in [-0.1, -0.05) is 12.1 Å². The van der Waals surface area contributed by atoms with Gasteiger partial charge in [-0.15, -0.1) is 11.8 Å². The van der Waals surface area contributed by atoms with Gasteiger partial charge in [-0.3, -0.25) is 0 Å². The molecule has 0 spiro atoms. The van der Waals surface area contributed by atoms with Crippen molar-refractivity contribution in [2.75, 3.05) is 11.6 Å². The predicted octanol–water partition coefficient (Wildman–Crippen LogP) is 4.20. The third-order valence-corrected chi connectivity index (χ3v) is 4.76. The van der Waals surface area contributed by atoms with E-state index in [4.69, 9.17) is 0 Å². The molecule has 0 fully saturated rings. The van der Waals surface area contributed by atoms with E-state index < -0.39 is 0 Å². The van der Waals surface area contributed by atoms with Crippen molar-refractivity contribution in [1.29, 1.82) is 0 Å². The molecule has 0 saturated heterocycles. The quantitative estimate of drug-likeness (QED) is 0.727. The highest BCUT2D eigenvalue weighted by molar-refractivity contribution is 7.98. The average Bonchev–Trinajstić information content (AvgIpc) is 3.10. The van der Waals surface area contributed by atoms with Gasteiger partial charge in [0.2, 0.25) is 5.95 Å². The summed E-state index contributed by atoms with van der Waals surface area (Å²) in [6.45, 7) is 0. The molecule has 6 heteroatoms. The highest BCUT2D eigenvalue weighted by Crippen LogP contribution is 2.32. The molecular weight excluding hydrogens is 323 g/mol. The van der Waals surface area contributed by atoms with Crippen molar-refractivity contribution in [3.05, 3.63) is 77.9 Å². The van der Waals surface area contributed by atoms with Crippen LogP contribution in [0.3, 0.4) is 0 Å². The smallest absolute Gasteiger partial charge is 0.226 e. The Morgan fingerprint density at radius 2 is 1.83 bits per heavy atom. The van der Waals surface area contributed by atoms with Gasteiger partial charge in [0.1, 0.15) is 18.2 Å². The Balaban J connectivity index is 1.77. The van der Waals surface area contributed by atoms with Gasteiger partial charge in [-0.05, 0) is 59.9 Å². The van der Waals surface area contributed by atoms with E-state index in [0.717, 1.165) is 16.8 Å². The molecule has 0 bridgehead atoms. The lowest BCUT2D eigenvalue weighted by molar-refractivity contribution is 0.611. The molecule has 4 nitrogen and oxygen atoms in total. The van der Waals surface area contributed by atoms with Crippen LogP contribution in [0.5, 0.6) is 0 Å². The van der Waals surface area contributed by atoms with Crippen LogP contribution in [0.2, 0.25) is 0 Å². The zero-order valence-corrected chi connectivity index (χ0v) is 13.8. The number of anilines is 1. The van der Waals surface area contributed by atoms with E-state index >= 15 is 0 Å². The van der Waals surface area contributed by atoms with Gasteiger partial charge < -0.3 is 5.32 Å². The van der Waals surface area contributed by atoms with Crippen molar-refractivity contribution >= 4 is 23.4 Å². The van der Waals surface area contributed by atoms with Crippen molar-refractivity contribution in [3.63, 3.8) is 0 Å². The number of hydrogen-bond donors (Lipinski definition) is 1. The van der Waals surface area contributed by atoms with Crippen LogP contribution in [0.1, 0.15) is 17.2 Å². The molecule has 1 N–H and O–H groups in total.